The standard InChI is InChI=1S/C23H19N5O2S2/c1-14-21-16(10-18(20-8-5-9-32-20)25-22(21)28(2)27-14)23(29)26-17-6-3-4-7-19(17)30-11-15-12-31-13-24-15/h3-10,12-13H,11H2,1-2H3,(H,26,29). The Morgan fingerprint density at radius 3 is 2.88 bits per heavy atom. The minimum atomic E-state index is -0.240. The molecule has 32 heavy (non-hydrogen) atoms. The number of aromatic nitrogens is 4. The number of hydrogen-bond donors (Lipinski definition) is 1. The van der Waals surface area contributed by atoms with Crippen molar-refractivity contribution in [1.29, 1.82) is 0 Å². The Kier molecular flexibility index (Phi) is 5.42. The van der Waals surface area contributed by atoms with E-state index in [-0.39, 0.29) is 5.91 Å². The topological polar surface area (TPSA) is 81.9 Å². The summed E-state index contributed by atoms with van der Waals surface area (Å²) in [6, 6.07) is 13.2. The number of hydrogen-bond acceptors (Lipinski definition) is 7. The Morgan fingerprint density at radius 1 is 1.22 bits per heavy atom. The van der Waals surface area contributed by atoms with Crippen molar-refractivity contribution < 1.29 is 9.53 Å². The molecule has 0 aliphatic rings. The van der Waals surface area contributed by atoms with E-state index >= 15 is 0 Å². The summed E-state index contributed by atoms with van der Waals surface area (Å²) < 4.78 is 7.63. The second-order valence-electron chi connectivity index (χ2n) is 7.16. The Balaban J connectivity index is 1.51. The van der Waals surface area contributed by atoms with Gasteiger partial charge in [-0.3, -0.25) is 9.48 Å². The lowest BCUT2D eigenvalue weighted by atomic mass is 10.1. The van der Waals surface area contributed by atoms with E-state index in [0.29, 0.717) is 29.3 Å². The van der Waals surface area contributed by atoms with Crippen LogP contribution in [0.4, 0.5) is 5.69 Å². The largest absolute Gasteiger partial charge is 0.485 e. The Labute approximate surface area is 192 Å². The van der Waals surface area contributed by atoms with E-state index in [4.69, 9.17) is 9.72 Å². The molecule has 5 aromatic rings. The van der Waals surface area contributed by atoms with Crippen LogP contribution in [0.5, 0.6) is 5.75 Å². The fourth-order valence-corrected chi connectivity index (χ4v) is 4.75. The Hall–Kier alpha value is -3.56. The number of benzene rings is 1. The van der Waals surface area contributed by atoms with Crippen LogP contribution in [0.3, 0.4) is 0 Å². The molecule has 0 atom stereocenters. The number of fused-ring (bicyclic) bond motifs is 1. The molecule has 0 bridgehead atoms. The number of nitrogens with zero attached hydrogens (tertiary/aromatic N) is 4. The van der Waals surface area contributed by atoms with Crippen LogP contribution in [-0.2, 0) is 13.7 Å². The number of ether oxygens (including phenoxy) is 1. The number of anilines is 1. The van der Waals surface area contributed by atoms with Crippen molar-refractivity contribution >= 4 is 45.3 Å². The first-order valence-electron chi connectivity index (χ1n) is 9.88. The van der Waals surface area contributed by atoms with Gasteiger partial charge in [0.2, 0.25) is 0 Å². The SMILES string of the molecule is Cc1nn(C)c2nc(-c3cccs3)cc(C(=O)Nc3ccccc3OCc3cscn3)c12. The zero-order valence-electron chi connectivity index (χ0n) is 17.4. The monoisotopic (exact) mass is 461 g/mol. The van der Waals surface area contributed by atoms with Gasteiger partial charge >= 0.3 is 0 Å². The number of thiophene rings is 1. The van der Waals surface area contributed by atoms with Crippen LogP contribution in [0.2, 0.25) is 0 Å². The summed E-state index contributed by atoms with van der Waals surface area (Å²) in [6.07, 6.45) is 0. The molecule has 4 aromatic heterocycles. The van der Waals surface area contributed by atoms with Gasteiger partial charge in [0.25, 0.3) is 5.91 Å². The molecule has 9 heteroatoms. The molecule has 0 saturated heterocycles. The van der Waals surface area contributed by atoms with Crippen LogP contribution in [-0.4, -0.2) is 25.7 Å². The molecule has 5 rings (SSSR count). The number of para-hydroxylation sites is 2. The van der Waals surface area contributed by atoms with Crippen LogP contribution in [0.1, 0.15) is 21.7 Å². The molecule has 160 valence electrons. The minimum absolute atomic E-state index is 0.240. The van der Waals surface area contributed by atoms with Crippen molar-refractivity contribution in [2.75, 3.05) is 5.32 Å². The van der Waals surface area contributed by atoms with Crippen molar-refractivity contribution in [3.8, 4) is 16.3 Å². The summed E-state index contributed by atoms with van der Waals surface area (Å²) in [5.74, 6) is 0.344. The zero-order valence-corrected chi connectivity index (χ0v) is 19.0. The third-order valence-electron chi connectivity index (χ3n) is 4.98. The predicted molar refractivity (Wildman–Crippen MR) is 127 cm³/mol. The van der Waals surface area contributed by atoms with Gasteiger partial charge in [-0.05, 0) is 36.6 Å². The highest BCUT2D eigenvalue weighted by Crippen LogP contribution is 2.31. The first kappa shape index (κ1) is 20.3. The molecular formula is C23H19N5O2S2. The van der Waals surface area contributed by atoms with E-state index in [9.17, 15) is 4.79 Å². The molecule has 7 nitrogen and oxygen atoms in total. The van der Waals surface area contributed by atoms with Gasteiger partial charge in [-0.2, -0.15) is 5.10 Å². The van der Waals surface area contributed by atoms with E-state index < -0.39 is 0 Å². The maximum atomic E-state index is 13.5. The van der Waals surface area contributed by atoms with Crippen molar-refractivity contribution in [3.63, 3.8) is 0 Å². The average molecular weight is 462 g/mol. The lowest BCUT2D eigenvalue weighted by molar-refractivity contribution is 0.102. The molecule has 0 unspecified atom stereocenters. The van der Waals surface area contributed by atoms with Crippen molar-refractivity contribution in [2.24, 2.45) is 7.05 Å². The van der Waals surface area contributed by atoms with Gasteiger partial charge in [0.05, 0.1) is 44.1 Å². The summed E-state index contributed by atoms with van der Waals surface area (Å²) in [7, 11) is 1.84. The van der Waals surface area contributed by atoms with Gasteiger partial charge in [0, 0.05) is 12.4 Å². The summed E-state index contributed by atoms with van der Waals surface area (Å²) >= 11 is 3.10. The van der Waals surface area contributed by atoms with E-state index in [2.05, 4.69) is 15.4 Å². The molecular weight excluding hydrogens is 442 g/mol. The summed E-state index contributed by atoms with van der Waals surface area (Å²) in [5, 5.41) is 12.2. The fourth-order valence-electron chi connectivity index (χ4n) is 3.52. The summed E-state index contributed by atoms with van der Waals surface area (Å²) in [6.45, 7) is 2.22. The van der Waals surface area contributed by atoms with Gasteiger partial charge in [-0.15, -0.1) is 22.7 Å². The maximum Gasteiger partial charge on any atom is 0.256 e. The van der Waals surface area contributed by atoms with Gasteiger partial charge in [-0.25, -0.2) is 9.97 Å². The molecule has 0 aliphatic heterocycles. The van der Waals surface area contributed by atoms with Crippen LogP contribution < -0.4 is 10.1 Å². The Morgan fingerprint density at radius 2 is 2.09 bits per heavy atom. The number of pyridine rings is 1. The van der Waals surface area contributed by atoms with Crippen molar-refractivity contribution in [1.82, 2.24) is 19.7 Å². The lowest BCUT2D eigenvalue weighted by Crippen LogP contribution is -2.14. The molecule has 1 amide bonds. The van der Waals surface area contributed by atoms with E-state index in [0.717, 1.165) is 27.3 Å². The number of amides is 1. The predicted octanol–water partition coefficient (Wildman–Crippen LogP) is 5.29. The van der Waals surface area contributed by atoms with Crippen LogP contribution in [0.25, 0.3) is 21.6 Å². The number of thiazole rings is 1. The third kappa shape index (κ3) is 3.88. The van der Waals surface area contributed by atoms with Crippen molar-refractivity contribution in [3.05, 3.63) is 75.7 Å². The molecule has 1 aromatic carbocycles. The molecule has 4 heterocycles. The number of aryl methyl sites for hydroxylation is 2. The molecule has 0 aliphatic carbocycles. The zero-order chi connectivity index (χ0) is 22.1. The van der Waals surface area contributed by atoms with E-state index in [1.807, 2.05) is 67.2 Å². The summed E-state index contributed by atoms with van der Waals surface area (Å²) in [4.78, 5) is 23.5. The highest BCUT2D eigenvalue weighted by atomic mass is 32.1. The normalized spacial score (nSPS) is 11.1. The highest BCUT2D eigenvalue weighted by molar-refractivity contribution is 7.13. The van der Waals surface area contributed by atoms with E-state index in [1.165, 1.54) is 11.3 Å². The molecule has 1 N–H and O–H groups in total. The fraction of sp³-hybridized carbons (Fsp3) is 0.130. The third-order valence-corrected chi connectivity index (χ3v) is 6.51. The van der Waals surface area contributed by atoms with Crippen molar-refractivity contribution in [2.45, 2.75) is 13.5 Å². The van der Waals surface area contributed by atoms with Gasteiger partial charge in [0.15, 0.2) is 5.65 Å². The minimum Gasteiger partial charge on any atom is -0.485 e. The van der Waals surface area contributed by atoms with Gasteiger partial charge < -0.3 is 10.1 Å². The number of carbonyl (C=O) groups is 1. The summed E-state index contributed by atoms with van der Waals surface area (Å²) in [5.41, 5.74) is 5.91. The van der Waals surface area contributed by atoms with Gasteiger partial charge in [0.1, 0.15) is 12.4 Å². The first-order chi connectivity index (χ1) is 15.6. The van der Waals surface area contributed by atoms with Crippen LogP contribution >= 0.6 is 22.7 Å². The molecule has 0 spiro atoms. The number of rotatable bonds is 6. The van der Waals surface area contributed by atoms with Crippen LogP contribution in [0.15, 0.2) is 58.7 Å². The molecule has 0 saturated carbocycles. The number of carbonyl (C=O) groups excluding carboxylic acids is 1. The number of nitrogens with one attached hydrogen (secondary N) is 1. The molecule has 0 fully saturated rings. The smallest absolute Gasteiger partial charge is 0.256 e. The Bertz CT molecular complexity index is 1390. The van der Waals surface area contributed by atoms with Gasteiger partial charge in [-0.1, -0.05) is 18.2 Å². The average Bonchev–Trinajstić information content (AvgIpc) is 3.55. The maximum absolute atomic E-state index is 13.5. The first-order valence-corrected chi connectivity index (χ1v) is 11.7. The van der Waals surface area contributed by atoms with Crippen LogP contribution in [0, 0.1) is 6.92 Å². The highest BCUT2D eigenvalue weighted by Gasteiger charge is 2.20. The second-order valence-corrected chi connectivity index (χ2v) is 8.83. The lowest BCUT2D eigenvalue weighted by Gasteiger charge is -2.13. The second kappa shape index (κ2) is 8.52. The van der Waals surface area contributed by atoms with E-state index in [1.54, 1.807) is 21.5 Å². The molecule has 0 radical (unpaired) electrons. The quantitative estimate of drug-likeness (QED) is 0.371.